The molecule has 0 atom stereocenters. The van der Waals surface area contributed by atoms with E-state index in [1.165, 1.54) is 7.11 Å². The van der Waals surface area contributed by atoms with E-state index < -0.39 is 13.0 Å². The van der Waals surface area contributed by atoms with Crippen molar-refractivity contribution in [2.24, 2.45) is 4.99 Å². The van der Waals surface area contributed by atoms with Gasteiger partial charge in [-0.2, -0.15) is 0 Å². The summed E-state index contributed by atoms with van der Waals surface area (Å²) in [6.45, 7) is 4.29. The summed E-state index contributed by atoms with van der Waals surface area (Å²) in [6, 6.07) is 5.24. The highest BCUT2D eigenvalue weighted by atomic mass is 19.3. The van der Waals surface area contributed by atoms with E-state index in [1.54, 1.807) is 18.2 Å². The molecule has 1 rings (SSSR count). The number of benzene rings is 1. The second kappa shape index (κ2) is 8.99. The molecule has 0 aliphatic carbocycles. The molecule has 0 aliphatic rings. The van der Waals surface area contributed by atoms with Gasteiger partial charge in [0.25, 0.3) is 6.43 Å². The summed E-state index contributed by atoms with van der Waals surface area (Å²) >= 11 is 0. The highest BCUT2D eigenvalue weighted by molar-refractivity contribution is 5.93. The van der Waals surface area contributed by atoms with Gasteiger partial charge >= 0.3 is 0 Å². The van der Waals surface area contributed by atoms with Crippen LogP contribution < -0.4 is 20.1 Å². The Labute approximate surface area is 123 Å². The first-order valence-electron chi connectivity index (χ1n) is 6.75. The normalized spacial score (nSPS) is 11.4. The minimum Gasteiger partial charge on any atom is -0.493 e. The summed E-state index contributed by atoms with van der Waals surface area (Å²) in [7, 11) is 1.54. The smallest absolute Gasteiger partial charge is 0.257 e. The number of nitrogens with zero attached hydrogens (tertiary/aromatic N) is 1. The lowest BCUT2D eigenvalue weighted by Crippen LogP contribution is -2.31. The van der Waals surface area contributed by atoms with E-state index in [-0.39, 0.29) is 0 Å². The third-order valence-electron chi connectivity index (χ3n) is 2.46. The molecule has 0 saturated heterocycles. The molecule has 0 fully saturated rings. The predicted octanol–water partition coefficient (Wildman–Crippen LogP) is 2.74. The number of methoxy groups -OCH3 is 1. The first kappa shape index (κ1) is 17.0. The van der Waals surface area contributed by atoms with Crippen LogP contribution in [0, 0.1) is 0 Å². The zero-order chi connectivity index (χ0) is 15.7. The standard InChI is InChI=1S/C14H21F2N3O2/c1-4-17-14(18-9-13(15)16)19-10-6-7-11(21-5-2)12(8-10)20-3/h6-8,13H,4-5,9H2,1-3H3,(H2,17,18,19). The van der Waals surface area contributed by atoms with Gasteiger partial charge in [-0.3, -0.25) is 0 Å². The molecule has 118 valence electrons. The zero-order valence-electron chi connectivity index (χ0n) is 12.5. The van der Waals surface area contributed by atoms with Crippen molar-refractivity contribution in [1.29, 1.82) is 0 Å². The third kappa shape index (κ3) is 5.85. The first-order valence-corrected chi connectivity index (χ1v) is 6.75. The fourth-order valence-corrected chi connectivity index (χ4v) is 1.62. The van der Waals surface area contributed by atoms with Crippen molar-refractivity contribution in [3.8, 4) is 11.5 Å². The van der Waals surface area contributed by atoms with E-state index in [2.05, 4.69) is 15.6 Å². The Morgan fingerprint density at radius 2 is 2.05 bits per heavy atom. The number of aliphatic imine (C=N–C) groups is 1. The Bertz CT molecular complexity index is 468. The van der Waals surface area contributed by atoms with E-state index in [0.717, 1.165) is 0 Å². The van der Waals surface area contributed by atoms with E-state index in [0.29, 0.717) is 36.3 Å². The molecule has 0 heterocycles. The molecule has 0 saturated carbocycles. The molecular weight excluding hydrogens is 280 g/mol. The highest BCUT2D eigenvalue weighted by Gasteiger charge is 2.07. The van der Waals surface area contributed by atoms with Gasteiger partial charge in [0.1, 0.15) is 6.54 Å². The summed E-state index contributed by atoms with van der Waals surface area (Å²) in [5.74, 6) is 1.48. The number of halogens is 2. The first-order chi connectivity index (χ1) is 10.1. The van der Waals surface area contributed by atoms with Crippen LogP contribution in [-0.4, -0.2) is 39.2 Å². The van der Waals surface area contributed by atoms with Crippen molar-refractivity contribution in [2.75, 3.05) is 32.1 Å². The van der Waals surface area contributed by atoms with Gasteiger partial charge in [-0.1, -0.05) is 0 Å². The molecule has 1 aromatic rings. The van der Waals surface area contributed by atoms with Crippen LogP contribution in [0.2, 0.25) is 0 Å². The Morgan fingerprint density at radius 1 is 1.29 bits per heavy atom. The quantitative estimate of drug-likeness (QED) is 0.600. The molecule has 21 heavy (non-hydrogen) atoms. The predicted molar refractivity (Wildman–Crippen MR) is 79.8 cm³/mol. The van der Waals surface area contributed by atoms with Crippen molar-refractivity contribution >= 4 is 11.6 Å². The van der Waals surface area contributed by atoms with Crippen molar-refractivity contribution in [2.45, 2.75) is 20.3 Å². The van der Waals surface area contributed by atoms with Crippen molar-refractivity contribution in [1.82, 2.24) is 5.32 Å². The van der Waals surface area contributed by atoms with Crippen molar-refractivity contribution in [3.63, 3.8) is 0 Å². The molecule has 0 radical (unpaired) electrons. The number of ether oxygens (including phenoxy) is 2. The van der Waals surface area contributed by atoms with Crippen LogP contribution in [0.1, 0.15) is 13.8 Å². The molecule has 0 aliphatic heterocycles. The molecule has 0 amide bonds. The minimum absolute atomic E-state index is 0.295. The molecule has 5 nitrogen and oxygen atoms in total. The number of alkyl halides is 2. The molecule has 0 bridgehead atoms. The minimum atomic E-state index is -2.48. The van der Waals surface area contributed by atoms with Gasteiger partial charge in [-0.25, -0.2) is 13.8 Å². The van der Waals surface area contributed by atoms with Crippen LogP contribution >= 0.6 is 0 Å². The van der Waals surface area contributed by atoms with Gasteiger partial charge < -0.3 is 20.1 Å². The number of hydrogen-bond acceptors (Lipinski definition) is 3. The lowest BCUT2D eigenvalue weighted by Gasteiger charge is -2.14. The van der Waals surface area contributed by atoms with E-state index in [1.807, 2.05) is 13.8 Å². The average Bonchev–Trinajstić information content (AvgIpc) is 2.46. The fourth-order valence-electron chi connectivity index (χ4n) is 1.62. The summed E-state index contributed by atoms with van der Waals surface area (Å²) in [6.07, 6.45) is -2.48. The van der Waals surface area contributed by atoms with Crippen molar-refractivity contribution in [3.05, 3.63) is 18.2 Å². The Hall–Kier alpha value is -2.05. The summed E-state index contributed by atoms with van der Waals surface area (Å²) < 4.78 is 35.1. The zero-order valence-corrected chi connectivity index (χ0v) is 12.5. The maximum absolute atomic E-state index is 12.2. The van der Waals surface area contributed by atoms with E-state index in [4.69, 9.17) is 9.47 Å². The van der Waals surface area contributed by atoms with Gasteiger partial charge in [-0.15, -0.1) is 0 Å². The maximum Gasteiger partial charge on any atom is 0.257 e. The fraction of sp³-hybridized carbons (Fsp3) is 0.500. The van der Waals surface area contributed by atoms with Gasteiger partial charge in [0, 0.05) is 18.3 Å². The Morgan fingerprint density at radius 3 is 2.62 bits per heavy atom. The third-order valence-corrected chi connectivity index (χ3v) is 2.46. The monoisotopic (exact) mass is 301 g/mol. The number of rotatable bonds is 7. The van der Waals surface area contributed by atoms with Crippen LogP contribution in [0.5, 0.6) is 11.5 Å². The van der Waals surface area contributed by atoms with Crippen LogP contribution in [0.25, 0.3) is 0 Å². The SMILES string of the molecule is CCNC(=NCC(F)F)Nc1ccc(OCC)c(OC)c1. The summed E-state index contributed by atoms with van der Waals surface area (Å²) in [4.78, 5) is 3.79. The van der Waals surface area contributed by atoms with Gasteiger partial charge in [0.2, 0.25) is 0 Å². The van der Waals surface area contributed by atoms with Crippen LogP contribution in [0.3, 0.4) is 0 Å². The average molecular weight is 301 g/mol. The number of hydrogen-bond donors (Lipinski definition) is 2. The van der Waals surface area contributed by atoms with Crippen LogP contribution in [0.15, 0.2) is 23.2 Å². The maximum atomic E-state index is 12.2. The van der Waals surface area contributed by atoms with Crippen molar-refractivity contribution < 1.29 is 18.3 Å². The molecule has 0 unspecified atom stereocenters. The molecule has 0 aromatic heterocycles. The summed E-state index contributed by atoms with van der Waals surface area (Å²) in [5, 5.41) is 5.85. The van der Waals surface area contributed by atoms with Gasteiger partial charge in [0.15, 0.2) is 17.5 Å². The molecule has 1 aromatic carbocycles. The number of anilines is 1. The van der Waals surface area contributed by atoms with E-state index in [9.17, 15) is 8.78 Å². The van der Waals surface area contributed by atoms with Crippen LogP contribution in [-0.2, 0) is 0 Å². The molecule has 2 N–H and O–H groups in total. The molecular formula is C14H21F2N3O2. The highest BCUT2D eigenvalue weighted by Crippen LogP contribution is 2.30. The second-order valence-corrected chi connectivity index (χ2v) is 4.03. The Kier molecular flexibility index (Phi) is 7.28. The lowest BCUT2D eigenvalue weighted by atomic mass is 10.2. The second-order valence-electron chi connectivity index (χ2n) is 4.03. The topological polar surface area (TPSA) is 54.9 Å². The number of guanidine groups is 1. The van der Waals surface area contributed by atoms with Gasteiger partial charge in [-0.05, 0) is 26.0 Å². The van der Waals surface area contributed by atoms with Crippen LogP contribution in [0.4, 0.5) is 14.5 Å². The number of nitrogens with one attached hydrogen (secondary N) is 2. The molecule has 7 heteroatoms. The largest absolute Gasteiger partial charge is 0.493 e. The van der Waals surface area contributed by atoms with Gasteiger partial charge in [0.05, 0.1) is 13.7 Å². The van der Waals surface area contributed by atoms with E-state index >= 15 is 0 Å². The summed E-state index contributed by atoms with van der Waals surface area (Å²) in [5.41, 5.74) is 0.671. The molecule has 0 spiro atoms. The lowest BCUT2D eigenvalue weighted by molar-refractivity contribution is 0.158. The Balaban J connectivity index is 2.85.